The fraction of sp³-hybridized carbons (Fsp3) is 0. The van der Waals surface area contributed by atoms with Crippen molar-refractivity contribution in [3.05, 3.63) is 188 Å². The van der Waals surface area contributed by atoms with E-state index in [1.54, 1.807) is 0 Å². The van der Waals surface area contributed by atoms with Gasteiger partial charge in [0.25, 0.3) is 0 Å². The van der Waals surface area contributed by atoms with Crippen molar-refractivity contribution in [1.29, 1.82) is 0 Å². The number of aromatic nitrogens is 2. The van der Waals surface area contributed by atoms with E-state index in [-0.39, 0.29) is 0 Å². The van der Waals surface area contributed by atoms with Crippen LogP contribution in [-0.2, 0) is 0 Å². The van der Waals surface area contributed by atoms with Gasteiger partial charge in [-0.15, -0.1) is 11.3 Å². The predicted molar refractivity (Wildman–Crippen MR) is 240 cm³/mol. The highest BCUT2D eigenvalue weighted by molar-refractivity contribution is 7.26. The largest absolute Gasteiger partial charge is 0.310 e. The summed E-state index contributed by atoms with van der Waals surface area (Å²) in [5.41, 5.74) is 13.2. The van der Waals surface area contributed by atoms with Crippen LogP contribution in [0.2, 0.25) is 0 Å². The van der Waals surface area contributed by atoms with Crippen LogP contribution in [-0.4, -0.2) is 8.80 Å². The summed E-state index contributed by atoms with van der Waals surface area (Å²) in [6, 6.07) is 69.5. The lowest BCUT2D eigenvalue weighted by Gasteiger charge is -2.27. The summed E-state index contributed by atoms with van der Waals surface area (Å²) in [4.78, 5) is 2.46. The van der Waals surface area contributed by atoms with Crippen LogP contribution >= 0.6 is 11.3 Å². The number of hydrogen-bond acceptors (Lipinski definition) is 2. The van der Waals surface area contributed by atoms with Crippen LogP contribution in [0.1, 0.15) is 0 Å². The molecule has 260 valence electrons. The van der Waals surface area contributed by atoms with Crippen LogP contribution in [0.4, 0.5) is 17.1 Å². The van der Waals surface area contributed by atoms with E-state index in [4.69, 9.17) is 0 Å². The van der Waals surface area contributed by atoms with Gasteiger partial charge in [-0.25, -0.2) is 0 Å². The monoisotopic (exact) mass is 729 g/mol. The zero-order valence-electron chi connectivity index (χ0n) is 30.1. The van der Waals surface area contributed by atoms with E-state index in [1.165, 1.54) is 102 Å². The molecule has 0 radical (unpaired) electrons. The van der Waals surface area contributed by atoms with E-state index >= 15 is 0 Å². The first-order chi connectivity index (χ1) is 27.8. The molecule has 13 rings (SSSR count). The highest BCUT2D eigenvalue weighted by atomic mass is 32.1. The van der Waals surface area contributed by atoms with E-state index in [0.717, 1.165) is 11.4 Å². The lowest BCUT2D eigenvalue weighted by Crippen LogP contribution is -2.10. The van der Waals surface area contributed by atoms with Crippen molar-refractivity contribution in [2.45, 2.75) is 0 Å². The molecule has 0 N–H and O–H groups in total. The number of fused-ring (bicyclic) bond motifs is 13. The Bertz CT molecular complexity index is 3730. The number of nitrogens with zero attached hydrogens (tertiary/aromatic N) is 3. The van der Waals surface area contributed by atoms with E-state index in [2.05, 4.69) is 202 Å². The van der Waals surface area contributed by atoms with Gasteiger partial charge in [0.05, 0.1) is 38.8 Å². The molecule has 3 nitrogen and oxygen atoms in total. The SMILES string of the molecule is c1cc(-c2ccc3c(c2)n2c4ccccc4c4ccc5c6ccccc6n3c5c42)cc(N(c2ccc3ccccc3c2)c2cccc3sc4ccccc4c23)c1. The number of hydrogen-bond donors (Lipinski definition) is 0. The Morgan fingerprint density at radius 2 is 0.982 bits per heavy atom. The Morgan fingerprint density at radius 1 is 0.357 bits per heavy atom. The Hall–Kier alpha value is -7.14. The van der Waals surface area contributed by atoms with E-state index < -0.39 is 0 Å². The number of benzene rings is 9. The summed E-state index contributed by atoms with van der Waals surface area (Å²) in [6.45, 7) is 0. The van der Waals surface area contributed by atoms with Crippen LogP contribution in [0.25, 0.3) is 96.7 Å². The Labute approximate surface area is 325 Å². The Morgan fingerprint density at radius 3 is 1.79 bits per heavy atom. The lowest BCUT2D eigenvalue weighted by atomic mass is 10.0. The molecule has 0 spiro atoms. The van der Waals surface area contributed by atoms with Crippen LogP contribution in [0.5, 0.6) is 0 Å². The lowest BCUT2D eigenvalue weighted by molar-refractivity contribution is 1.25. The highest BCUT2D eigenvalue weighted by Gasteiger charge is 2.23. The van der Waals surface area contributed by atoms with Crippen molar-refractivity contribution in [1.82, 2.24) is 8.80 Å². The van der Waals surface area contributed by atoms with Crippen molar-refractivity contribution >= 4 is 114 Å². The maximum Gasteiger partial charge on any atom is 0.0789 e. The van der Waals surface area contributed by atoms with Crippen LogP contribution < -0.4 is 4.90 Å². The Balaban J connectivity index is 1.08. The standard InChI is InChI=1S/C52H31N3S/c1-2-12-33-29-37(25-23-32(33)11-1)53(46-20-10-22-49-50(46)42-17-5-8-21-48(42)56-49)36-14-9-13-34(30-36)35-24-28-45-47(31-35)55-44-19-7-4-16-39(44)41-27-26-40-38-15-3-6-18-43(38)54(45)51(40)52(41)55/h1-31H. The molecule has 13 aromatic rings. The summed E-state index contributed by atoms with van der Waals surface area (Å²) in [7, 11) is 0. The quantitative estimate of drug-likeness (QED) is 0.164. The molecule has 4 aromatic heterocycles. The first kappa shape index (κ1) is 30.2. The third-order valence-electron chi connectivity index (χ3n) is 12.0. The average molecular weight is 730 g/mol. The molecule has 0 aliphatic carbocycles. The van der Waals surface area contributed by atoms with E-state index in [0.29, 0.717) is 0 Å². The minimum atomic E-state index is 1.12. The number of anilines is 3. The molecule has 0 unspecified atom stereocenters. The van der Waals surface area contributed by atoms with Gasteiger partial charge in [-0.1, -0.05) is 121 Å². The molecule has 0 saturated carbocycles. The van der Waals surface area contributed by atoms with Crippen molar-refractivity contribution in [2.24, 2.45) is 0 Å². The first-order valence-corrected chi connectivity index (χ1v) is 20.0. The van der Waals surface area contributed by atoms with Gasteiger partial charge in [-0.05, 0) is 88.6 Å². The highest BCUT2D eigenvalue weighted by Crippen LogP contribution is 2.47. The van der Waals surface area contributed by atoms with E-state index in [1.807, 2.05) is 11.3 Å². The predicted octanol–water partition coefficient (Wildman–Crippen LogP) is 14.9. The van der Waals surface area contributed by atoms with Gasteiger partial charge in [-0.3, -0.25) is 0 Å². The molecule has 56 heavy (non-hydrogen) atoms. The smallest absolute Gasteiger partial charge is 0.0789 e. The molecule has 0 fully saturated rings. The molecule has 0 saturated heterocycles. The summed E-state index contributed by atoms with van der Waals surface area (Å²) in [6.07, 6.45) is 0. The topological polar surface area (TPSA) is 12.1 Å². The summed E-state index contributed by atoms with van der Waals surface area (Å²) < 4.78 is 7.60. The van der Waals surface area contributed by atoms with Crippen LogP contribution in [0.15, 0.2) is 188 Å². The van der Waals surface area contributed by atoms with Gasteiger partial charge in [0.15, 0.2) is 0 Å². The van der Waals surface area contributed by atoms with Crippen molar-refractivity contribution in [2.75, 3.05) is 4.90 Å². The molecule has 0 bridgehead atoms. The summed E-state index contributed by atoms with van der Waals surface area (Å²) >= 11 is 1.86. The minimum absolute atomic E-state index is 1.12. The molecule has 0 amide bonds. The van der Waals surface area contributed by atoms with Gasteiger partial charge in [-0.2, -0.15) is 0 Å². The van der Waals surface area contributed by atoms with Gasteiger partial charge < -0.3 is 13.7 Å². The molecular formula is C52H31N3S. The molecule has 4 heteroatoms. The van der Waals surface area contributed by atoms with Crippen molar-refractivity contribution in [3.8, 4) is 11.1 Å². The second kappa shape index (κ2) is 11.2. The molecule has 0 atom stereocenters. The minimum Gasteiger partial charge on any atom is -0.310 e. The maximum atomic E-state index is 2.51. The third kappa shape index (κ3) is 4.06. The molecule has 4 heterocycles. The number of thiophene rings is 1. The van der Waals surface area contributed by atoms with Crippen LogP contribution in [0.3, 0.4) is 0 Å². The second-order valence-electron chi connectivity index (χ2n) is 14.9. The van der Waals surface area contributed by atoms with Gasteiger partial charge >= 0.3 is 0 Å². The van der Waals surface area contributed by atoms with Gasteiger partial charge in [0, 0.05) is 53.1 Å². The maximum absolute atomic E-state index is 2.51. The summed E-state index contributed by atoms with van der Waals surface area (Å²) in [5.74, 6) is 0. The van der Waals surface area contributed by atoms with E-state index in [9.17, 15) is 0 Å². The zero-order chi connectivity index (χ0) is 36.5. The molecule has 9 aromatic carbocycles. The zero-order valence-corrected chi connectivity index (χ0v) is 31.0. The normalized spacial score (nSPS) is 12.3. The molecular weight excluding hydrogens is 699 g/mol. The third-order valence-corrected chi connectivity index (χ3v) is 13.1. The van der Waals surface area contributed by atoms with Gasteiger partial charge in [0.2, 0.25) is 0 Å². The Kier molecular flexibility index (Phi) is 6.04. The fourth-order valence-electron chi connectivity index (χ4n) is 9.58. The molecule has 0 aliphatic heterocycles. The average Bonchev–Trinajstić information content (AvgIpc) is 3.92. The van der Waals surface area contributed by atoms with Crippen LogP contribution in [0, 0.1) is 0 Å². The molecule has 0 aliphatic rings. The first-order valence-electron chi connectivity index (χ1n) is 19.2. The number of rotatable bonds is 4. The summed E-state index contributed by atoms with van der Waals surface area (Å²) in [5, 5.41) is 10.2. The van der Waals surface area contributed by atoms with Crippen molar-refractivity contribution < 1.29 is 0 Å². The van der Waals surface area contributed by atoms with Crippen molar-refractivity contribution in [3.63, 3.8) is 0 Å². The second-order valence-corrected chi connectivity index (χ2v) is 16.0. The fourth-order valence-corrected chi connectivity index (χ4v) is 10.7. The van der Waals surface area contributed by atoms with Gasteiger partial charge in [0.1, 0.15) is 0 Å². The number of para-hydroxylation sites is 2.